The third kappa shape index (κ3) is 5.88. The Balaban J connectivity index is 2.40. The molecule has 0 radical (unpaired) electrons. The molecular formula is C22H26ClN3O6. The lowest BCUT2D eigenvalue weighted by Gasteiger charge is -2.18. The second-order valence-electron chi connectivity index (χ2n) is 6.35. The number of halogens is 1. The predicted octanol–water partition coefficient (Wildman–Crippen LogP) is 4.83. The van der Waals surface area contributed by atoms with Gasteiger partial charge in [0.05, 0.1) is 32.5 Å². The van der Waals surface area contributed by atoms with Crippen molar-refractivity contribution in [3.05, 3.63) is 35.4 Å². The maximum Gasteiger partial charge on any atom is 0.259 e. The Morgan fingerprint density at radius 3 is 2.31 bits per heavy atom. The van der Waals surface area contributed by atoms with Gasteiger partial charge in [-0.2, -0.15) is 10.2 Å². The number of para-hydroxylation sites is 1. The highest BCUT2D eigenvalue weighted by atomic mass is 35.5. The van der Waals surface area contributed by atoms with Gasteiger partial charge in [-0.25, -0.2) is 0 Å². The molecule has 1 amide bonds. The number of amides is 1. The number of carbonyl (C=O) groups excluding carboxylic acids is 2. The van der Waals surface area contributed by atoms with Crippen LogP contribution in [0.15, 0.2) is 40.6 Å². The Morgan fingerprint density at radius 2 is 1.72 bits per heavy atom. The van der Waals surface area contributed by atoms with Crippen molar-refractivity contribution in [3.63, 3.8) is 0 Å². The van der Waals surface area contributed by atoms with Crippen LogP contribution >= 0.6 is 11.6 Å². The molecule has 2 aromatic carbocycles. The van der Waals surface area contributed by atoms with Gasteiger partial charge in [-0.3, -0.25) is 9.59 Å². The monoisotopic (exact) mass is 463 g/mol. The number of ether oxygens (including phenoxy) is 4. The second-order valence-corrected chi connectivity index (χ2v) is 6.75. The van der Waals surface area contributed by atoms with Crippen LogP contribution in [0.2, 0.25) is 5.02 Å². The minimum atomic E-state index is -1.42. The Morgan fingerprint density at radius 1 is 1.00 bits per heavy atom. The highest BCUT2D eigenvalue weighted by molar-refractivity contribution is 6.33. The van der Waals surface area contributed by atoms with Crippen molar-refractivity contribution in [2.75, 3.05) is 32.8 Å². The van der Waals surface area contributed by atoms with Crippen LogP contribution < -0.4 is 24.3 Å². The predicted molar refractivity (Wildman–Crippen MR) is 121 cm³/mol. The molecule has 0 spiro atoms. The number of nitrogens with zero attached hydrogens (tertiary/aromatic N) is 2. The molecule has 0 aliphatic carbocycles. The number of ketones is 1. The summed E-state index contributed by atoms with van der Waals surface area (Å²) in [7, 11) is 2.94. The summed E-state index contributed by atoms with van der Waals surface area (Å²) in [6, 6.07) is 6.79. The fourth-order valence-electron chi connectivity index (χ4n) is 2.80. The van der Waals surface area contributed by atoms with Crippen molar-refractivity contribution in [3.8, 4) is 23.0 Å². The molecule has 1 atom stereocenters. The molecule has 0 saturated heterocycles. The molecule has 172 valence electrons. The summed E-state index contributed by atoms with van der Waals surface area (Å²) in [6.45, 7) is 5.49. The van der Waals surface area contributed by atoms with E-state index in [9.17, 15) is 9.59 Å². The maximum absolute atomic E-state index is 13.0. The Labute approximate surface area is 191 Å². The second kappa shape index (κ2) is 11.9. The zero-order valence-corrected chi connectivity index (χ0v) is 19.4. The van der Waals surface area contributed by atoms with E-state index in [0.29, 0.717) is 36.1 Å². The molecule has 0 aromatic heterocycles. The first-order valence-electron chi connectivity index (χ1n) is 9.89. The van der Waals surface area contributed by atoms with Crippen LogP contribution in [0, 0.1) is 0 Å². The minimum absolute atomic E-state index is 0.214. The summed E-state index contributed by atoms with van der Waals surface area (Å²) in [5, 5.41) is 11.0. The number of methoxy groups -OCH3 is 2. The molecule has 1 unspecified atom stereocenters. The molecule has 9 nitrogen and oxygen atoms in total. The van der Waals surface area contributed by atoms with Crippen molar-refractivity contribution in [1.29, 1.82) is 0 Å². The van der Waals surface area contributed by atoms with E-state index in [1.54, 1.807) is 44.2 Å². The zero-order valence-electron chi connectivity index (χ0n) is 18.6. The quantitative estimate of drug-likeness (QED) is 0.377. The van der Waals surface area contributed by atoms with Gasteiger partial charge in [0.25, 0.3) is 5.91 Å². The topological polar surface area (TPSA) is 108 Å². The van der Waals surface area contributed by atoms with Gasteiger partial charge in [-0.15, -0.1) is 0 Å². The molecule has 32 heavy (non-hydrogen) atoms. The smallest absolute Gasteiger partial charge is 0.259 e. The van der Waals surface area contributed by atoms with Crippen molar-refractivity contribution < 1.29 is 28.5 Å². The lowest BCUT2D eigenvalue weighted by atomic mass is 10.2. The molecule has 0 heterocycles. The van der Waals surface area contributed by atoms with Crippen molar-refractivity contribution in [2.45, 2.75) is 26.8 Å². The van der Waals surface area contributed by atoms with Gasteiger partial charge in [0, 0.05) is 0 Å². The lowest BCUT2D eigenvalue weighted by Crippen LogP contribution is -2.32. The molecule has 0 saturated carbocycles. The fourth-order valence-corrected chi connectivity index (χ4v) is 3.01. The number of rotatable bonds is 11. The van der Waals surface area contributed by atoms with E-state index in [2.05, 4.69) is 15.5 Å². The van der Waals surface area contributed by atoms with Crippen LogP contribution in [0.1, 0.15) is 20.8 Å². The standard InChI is InChI=1S/C22H26ClN3O6/c1-6-31-16-12-11-14(23)20(32-7-2)19(16)24-22(28)18(13(3)27)26-25-15-9-8-10-17(29-4)21(15)30-5/h8-12,18H,6-7H2,1-5H3,(H,24,28). The number of azo groups is 1. The third-order valence-corrected chi connectivity index (χ3v) is 4.50. The molecule has 10 heteroatoms. The number of hydrogen-bond donors (Lipinski definition) is 1. The molecule has 0 fully saturated rings. The van der Waals surface area contributed by atoms with E-state index in [-0.39, 0.29) is 16.5 Å². The van der Waals surface area contributed by atoms with Crippen LogP contribution in [0.4, 0.5) is 11.4 Å². The molecular weight excluding hydrogens is 438 g/mol. The highest BCUT2D eigenvalue weighted by Gasteiger charge is 2.27. The summed E-state index contributed by atoms with van der Waals surface area (Å²) < 4.78 is 21.7. The highest BCUT2D eigenvalue weighted by Crippen LogP contribution is 2.41. The first-order chi connectivity index (χ1) is 15.4. The Hall–Kier alpha value is -3.33. The van der Waals surface area contributed by atoms with Gasteiger partial charge < -0.3 is 24.3 Å². The molecule has 2 aromatic rings. The summed E-state index contributed by atoms with van der Waals surface area (Å²) in [4.78, 5) is 25.2. The van der Waals surface area contributed by atoms with E-state index in [1.807, 2.05) is 0 Å². The van der Waals surface area contributed by atoms with Crippen LogP contribution in [0.3, 0.4) is 0 Å². The molecule has 0 bridgehead atoms. The normalized spacial score (nSPS) is 11.7. The van der Waals surface area contributed by atoms with E-state index in [4.69, 9.17) is 30.5 Å². The summed E-state index contributed by atoms with van der Waals surface area (Å²) in [6.07, 6.45) is 0. The number of nitrogens with one attached hydrogen (secondary N) is 1. The van der Waals surface area contributed by atoms with Crippen LogP contribution in [-0.2, 0) is 9.59 Å². The van der Waals surface area contributed by atoms with Crippen LogP contribution in [0.5, 0.6) is 23.0 Å². The number of benzene rings is 2. The van der Waals surface area contributed by atoms with Crippen molar-refractivity contribution >= 4 is 34.7 Å². The van der Waals surface area contributed by atoms with Crippen LogP contribution in [-0.4, -0.2) is 45.2 Å². The number of Topliss-reactive ketones (excluding diaryl/α,β-unsaturated/α-hetero) is 1. The van der Waals surface area contributed by atoms with Gasteiger partial charge in [0.15, 0.2) is 23.0 Å². The molecule has 0 aliphatic rings. The Kier molecular flexibility index (Phi) is 9.27. The van der Waals surface area contributed by atoms with Crippen molar-refractivity contribution in [2.24, 2.45) is 10.2 Å². The first kappa shape index (κ1) is 24.9. The third-order valence-electron chi connectivity index (χ3n) is 4.20. The summed E-state index contributed by atoms with van der Waals surface area (Å²) >= 11 is 6.24. The van der Waals surface area contributed by atoms with Gasteiger partial charge in [-0.1, -0.05) is 17.7 Å². The first-order valence-corrected chi connectivity index (χ1v) is 10.3. The van der Waals surface area contributed by atoms with Gasteiger partial charge in [-0.05, 0) is 45.0 Å². The van der Waals surface area contributed by atoms with E-state index in [0.717, 1.165) is 0 Å². The number of hydrogen-bond acceptors (Lipinski definition) is 8. The molecule has 1 N–H and O–H groups in total. The lowest BCUT2D eigenvalue weighted by molar-refractivity contribution is -0.126. The average Bonchev–Trinajstić information content (AvgIpc) is 2.77. The number of anilines is 1. The number of carbonyl (C=O) groups is 2. The average molecular weight is 464 g/mol. The zero-order chi connectivity index (χ0) is 23.7. The van der Waals surface area contributed by atoms with Crippen molar-refractivity contribution in [1.82, 2.24) is 0 Å². The van der Waals surface area contributed by atoms with Gasteiger partial charge in [0.2, 0.25) is 6.04 Å². The van der Waals surface area contributed by atoms with Gasteiger partial charge >= 0.3 is 0 Å². The SMILES string of the molecule is CCOc1ccc(Cl)c(OCC)c1NC(=O)C(N=Nc1cccc(OC)c1OC)C(C)=O. The Bertz CT molecular complexity index is 996. The van der Waals surface area contributed by atoms with E-state index >= 15 is 0 Å². The summed E-state index contributed by atoms with van der Waals surface area (Å²) in [5.41, 5.74) is 0.519. The van der Waals surface area contributed by atoms with Crippen LogP contribution in [0.25, 0.3) is 0 Å². The van der Waals surface area contributed by atoms with Gasteiger partial charge in [0.1, 0.15) is 17.1 Å². The largest absolute Gasteiger partial charge is 0.493 e. The maximum atomic E-state index is 13.0. The fraction of sp³-hybridized carbons (Fsp3) is 0.364. The molecule has 2 rings (SSSR count). The summed E-state index contributed by atoms with van der Waals surface area (Å²) in [5.74, 6) is 0.130. The molecule has 0 aliphatic heterocycles. The van der Waals surface area contributed by atoms with E-state index < -0.39 is 17.7 Å². The minimum Gasteiger partial charge on any atom is -0.493 e. The van der Waals surface area contributed by atoms with E-state index in [1.165, 1.54) is 21.1 Å².